The van der Waals surface area contributed by atoms with Gasteiger partial charge >= 0.3 is 0 Å². The van der Waals surface area contributed by atoms with Crippen molar-refractivity contribution in [1.82, 2.24) is 0 Å². The first-order chi connectivity index (χ1) is 4.04. The second-order valence-electron chi connectivity index (χ2n) is 0.986. The lowest BCUT2D eigenvalue weighted by Crippen LogP contribution is -2.00. The number of nitrogens with two attached hydrogens (primary N) is 1. The van der Waals surface area contributed by atoms with Gasteiger partial charge in [-0.25, -0.2) is 4.99 Å². The van der Waals surface area contributed by atoms with Crippen molar-refractivity contribution < 1.29 is 0 Å². The van der Waals surface area contributed by atoms with Crippen LogP contribution >= 0.6 is 46.4 Å². The van der Waals surface area contributed by atoms with Gasteiger partial charge in [0.25, 0.3) is 0 Å². The van der Waals surface area contributed by atoms with Gasteiger partial charge in [-0.05, 0) is 11.6 Å². The standard InChI is InChI=1S/C3H2Cl4N2/c4-1(5)2(6)9-3(7)8/h(H2,8,9). The van der Waals surface area contributed by atoms with Gasteiger partial charge in [0.2, 0.25) is 0 Å². The molecule has 9 heavy (non-hydrogen) atoms. The summed E-state index contributed by atoms with van der Waals surface area (Å²) in [5.74, 6) is 0. The van der Waals surface area contributed by atoms with Crippen LogP contribution in [0.15, 0.2) is 14.6 Å². The van der Waals surface area contributed by atoms with E-state index in [1.807, 2.05) is 0 Å². The summed E-state index contributed by atoms with van der Waals surface area (Å²) in [6.45, 7) is 0. The topological polar surface area (TPSA) is 38.4 Å². The minimum absolute atomic E-state index is 0.120. The van der Waals surface area contributed by atoms with Gasteiger partial charge in [0, 0.05) is 0 Å². The molecule has 2 nitrogen and oxygen atoms in total. The van der Waals surface area contributed by atoms with Crippen LogP contribution in [-0.4, -0.2) is 5.29 Å². The number of halogens is 4. The Balaban J connectivity index is 4.25. The summed E-state index contributed by atoms with van der Waals surface area (Å²) in [5.41, 5.74) is 4.91. The fourth-order valence-corrected chi connectivity index (χ4v) is 0.439. The van der Waals surface area contributed by atoms with E-state index in [4.69, 9.17) is 52.1 Å². The molecule has 0 aromatic carbocycles. The molecule has 0 amide bonds. The Morgan fingerprint density at radius 2 is 1.56 bits per heavy atom. The first-order valence-corrected chi connectivity index (χ1v) is 3.25. The first kappa shape index (κ1) is 9.37. The van der Waals surface area contributed by atoms with Gasteiger partial charge < -0.3 is 5.73 Å². The van der Waals surface area contributed by atoms with Gasteiger partial charge in [-0.3, -0.25) is 0 Å². The molecule has 6 heteroatoms. The van der Waals surface area contributed by atoms with Crippen LogP contribution in [0.5, 0.6) is 0 Å². The third-order valence-corrected chi connectivity index (χ3v) is 1.27. The lowest BCUT2D eigenvalue weighted by atomic mass is 11.0. The molecule has 0 radical (unpaired) electrons. The first-order valence-electron chi connectivity index (χ1n) is 1.74. The molecule has 0 atom stereocenters. The number of rotatable bonds is 1. The van der Waals surface area contributed by atoms with Crippen LogP contribution in [0.25, 0.3) is 0 Å². The highest BCUT2D eigenvalue weighted by atomic mass is 35.5. The highest BCUT2D eigenvalue weighted by Gasteiger charge is 1.94. The second-order valence-corrected chi connectivity index (χ2v) is 2.68. The van der Waals surface area contributed by atoms with Crippen LogP contribution in [0.4, 0.5) is 0 Å². The van der Waals surface area contributed by atoms with Crippen molar-refractivity contribution in [2.45, 2.75) is 0 Å². The summed E-state index contributed by atoms with van der Waals surface area (Å²) < 4.78 is -0.166. The van der Waals surface area contributed by atoms with E-state index in [1.54, 1.807) is 0 Å². The van der Waals surface area contributed by atoms with E-state index in [-0.39, 0.29) is 14.9 Å². The Morgan fingerprint density at radius 1 is 1.11 bits per heavy atom. The van der Waals surface area contributed by atoms with Crippen molar-refractivity contribution >= 4 is 51.7 Å². The zero-order valence-corrected chi connectivity index (χ0v) is 7.06. The minimum atomic E-state index is -0.209. The molecule has 0 aliphatic heterocycles. The van der Waals surface area contributed by atoms with Gasteiger partial charge in [0.15, 0.2) is 10.5 Å². The van der Waals surface area contributed by atoms with Crippen LogP contribution in [0.2, 0.25) is 0 Å². The maximum Gasteiger partial charge on any atom is 0.194 e. The molecule has 0 spiro atoms. The second kappa shape index (κ2) is 4.23. The molecule has 0 saturated heterocycles. The lowest BCUT2D eigenvalue weighted by molar-refractivity contribution is 1.50. The highest BCUT2D eigenvalue weighted by molar-refractivity contribution is 6.65. The predicted octanol–water partition coefficient (Wildman–Crippen LogP) is 2.38. The summed E-state index contributed by atoms with van der Waals surface area (Å²) in [5, 5.41) is -0.329. The number of hydrogen-bond donors (Lipinski definition) is 1. The quantitative estimate of drug-likeness (QED) is 0.400. The van der Waals surface area contributed by atoms with E-state index >= 15 is 0 Å². The summed E-state index contributed by atoms with van der Waals surface area (Å²) in [7, 11) is 0. The fraction of sp³-hybridized carbons (Fsp3) is 0. The van der Waals surface area contributed by atoms with Crippen LogP contribution in [0.1, 0.15) is 0 Å². The summed E-state index contributed by atoms with van der Waals surface area (Å²) >= 11 is 20.7. The molecule has 0 rings (SSSR count). The van der Waals surface area contributed by atoms with Gasteiger partial charge in [-0.15, -0.1) is 0 Å². The molecule has 0 aromatic rings. The highest BCUT2D eigenvalue weighted by Crippen LogP contribution is 2.18. The third kappa shape index (κ3) is 4.85. The molecule has 2 N–H and O–H groups in total. The van der Waals surface area contributed by atoms with E-state index in [0.29, 0.717) is 0 Å². The van der Waals surface area contributed by atoms with Crippen molar-refractivity contribution in [1.29, 1.82) is 0 Å². The number of nitrogens with zero attached hydrogens (tertiary/aromatic N) is 1. The number of aliphatic imine (C=N–C) groups is 1. The zero-order chi connectivity index (χ0) is 7.44. The molecule has 0 aromatic heterocycles. The minimum Gasteiger partial charge on any atom is -0.374 e. The molecule has 0 saturated carbocycles. The van der Waals surface area contributed by atoms with Crippen molar-refractivity contribution in [3.8, 4) is 0 Å². The predicted molar refractivity (Wildman–Crippen MR) is 42.1 cm³/mol. The van der Waals surface area contributed by atoms with Gasteiger partial charge in [0.1, 0.15) is 4.49 Å². The monoisotopic (exact) mass is 206 g/mol. The smallest absolute Gasteiger partial charge is 0.194 e. The maximum atomic E-state index is 5.27. The average molecular weight is 208 g/mol. The summed E-state index contributed by atoms with van der Waals surface area (Å²) in [6, 6.07) is 0. The number of hydrogen-bond acceptors (Lipinski definition) is 1. The molecule has 0 aliphatic carbocycles. The van der Waals surface area contributed by atoms with Crippen molar-refractivity contribution in [3.05, 3.63) is 9.65 Å². The number of amidine groups is 1. The molecular weight excluding hydrogens is 206 g/mol. The molecule has 0 heterocycles. The average Bonchev–Trinajstić information content (AvgIpc) is 1.63. The molecular formula is C3H2Cl4N2. The van der Waals surface area contributed by atoms with Crippen LogP contribution in [0.3, 0.4) is 0 Å². The summed E-state index contributed by atoms with van der Waals surface area (Å²) in [4.78, 5) is 3.32. The van der Waals surface area contributed by atoms with Gasteiger partial charge in [-0.2, -0.15) is 0 Å². The van der Waals surface area contributed by atoms with Crippen molar-refractivity contribution in [2.75, 3.05) is 0 Å². The Labute approximate surface area is 72.2 Å². The van der Waals surface area contributed by atoms with E-state index in [1.165, 1.54) is 0 Å². The normalized spacial score (nSPS) is 11.3. The van der Waals surface area contributed by atoms with E-state index in [0.717, 1.165) is 0 Å². The molecule has 0 aliphatic rings. The van der Waals surface area contributed by atoms with Crippen molar-refractivity contribution in [3.63, 3.8) is 0 Å². The Kier molecular flexibility index (Phi) is 4.40. The van der Waals surface area contributed by atoms with E-state index < -0.39 is 0 Å². The van der Waals surface area contributed by atoms with E-state index in [2.05, 4.69) is 4.99 Å². The summed E-state index contributed by atoms with van der Waals surface area (Å²) in [6.07, 6.45) is 0. The molecule has 0 unspecified atom stereocenters. The molecule has 52 valence electrons. The lowest BCUT2D eigenvalue weighted by Gasteiger charge is -1.87. The van der Waals surface area contributed by atoms with E-state index in [9.17, 15) is 0 Å². The third-order valence-electron chi connectivity index (χ3n) is 0.361. The maximum absolute atomic E-state index is 5.27. The SMILES string of the molecule is N/C(Cl)=N\C(Cl)=C(Cl)Cl. The Hall–Kier alpha value is 0.370. The van der Waals surface area contributed by atoms with Crippen molar-refractivity contribution in [2.24, 2.45) is 10.7 Å². The largest absolute Gasteiger partial charge is 0.374 e. The Morgan fingerprint density at radius 3 is 1.67 bits per heavy atom. The zero-order valence-electron chi connectivity index (χ0n) is 4.04. The van der Waals surface area contributed by atoms with Gasteiger partial charge in [-0.1, -0.05) is 34.8 Å². The Bertz CT molecular complexity index is 153. The van der Waals surface area contributed by atoms with Crippen LogP contribution in [-0.2, 0) is 0 Å². The van der Waals surface area contributed by atoms with Crippen LogP contribution in [0, 0.1) is 0 Å². The molecule has 0 fully saturated rings. The van der Waals surface area contributed by atoms with Crippen LogP contribution < -0.4 is 5.73 Å². The fourth-order valence-electron chi connectivity index (χ4n) is 0.136. The van der Waals surface area contributed by atoms with Gasteiger partial charge in [0.05, 0.1) is 0 Å². The molecule has 0 bridgehead atoms.